The molecule has 1 aliphatic carbocycles. The molecule has 0 radical (unpaired) electrons. The Morgan fingerprint density at radius 1 is 1.31 bits per heavy atom. The van der Waals surface area contributed by atoms with Crippen molar-refractivity contribution in [1.82, 2.24) is 24.6 Å². The zero-order chi connectivity index (χ0) is 30.0. The van der Waals surface area contributed by atoms with Gasteiger partial charge in [0.05, 0.1) is 23.9 Å². The molecular weight excluding hydrogens is 539 g/mol. The highest BCUT2D eigenvalue weighted by atomic mass is 19.1. The van der Waals surface area contributed by atoms with Crippen LogP contribution in [0.5, 0.6) is 5.75 Å². The molecule has 3 aromatic rings. The molecule has 5 rings (SSSR count). The number of nitrogens with zero attached hydrogens (tertiary/aromatic N) is 5. The molecule has 2 aliphatic rings. The Morgan fingerprint density at radius 3 is 2.83 bits per heavy atom. The van der Waals surface area contributed by atoms with E-state index < -0.39 is 35.6 Å². The molecule has 0 bridgehead atoms. The summed E-state index contributed by atoms with van der Waals surface area (Å²) in [5.74, 6) is -1.28. The Labute approximate surface area is 243 Å². The first kappa shape index (κ1) is 28.8. The second kappa shape index (κ2) is 11.6. The van der Waals surface area contributed by atoms with Crippen molar-refractivity contribution in [1.29, 1.82) is 0 Å². The molecule has 1 unspecified atom stereocenters. The zero-order valence-corrected chi connectivity index (χ0v) is 23.7. The molecule has 1 aromatic carbocycles. The molecular formula is C31H33FN6O4. The number of hydrogen-bond acceptors (Lipinski definition) is 6. The molecule has 0 saturated heterocycles. The van der Waals surface area contributed by atoms with Gasteiger partial charge in [-0.25, -0.2) is 9.18 Å². The van der Waals surface area contributed by atoms with Gasteiger partial charge in [0.1, 0.15) is 24.7 Å². The van der Waals surface area contributed by atoms with Crippen molar-refractivity contribution in [2.24, 2.45) is 18.7 Å². The number of carbonyl (C=O) groups excluding carboxylic acids is 3. The van der Waals surface area contributed by atoms with Gasteiger partial charge in [-0.3, -0.25) is 24.2 Å². The van der Waals surface area contributed by atoms with E-state index in [0.717, 1.165) is 21.9 Å². The van der Waals surface area contributed by atoms with Crippen molar-refractivity contribution in [3.63, 3.8) is 0 Å². The van der Waals surface area contributed by atoms with Gasteiger partial charge in [0.15, 0.2) is 0 Å². The first-order valence-corrected chi connectivity index (χ1v) is 13.8. The van der Waals surface area contributed by atoms with Gasteiger partial charge in [-0.15, -0.1) is 5.73 Å². The number of hydrogen-bond donors (Lipinski definition) is 1. The van der Waals surface area contributed by atoms with Gasteiger partial charge < -0.3 is 15.4 Å². The van der Waals surface area contributed by atoms with Crippen molar-refractivity contribution < 1.29 is 23.5 Å². The van der Waals surface area contributed by atoms with Gasteiger partial charge in [-0.05, 0) is 68.0 Å². The van der Waals surface area contributed by atoms with Crippen LogP contribution in [0.25, 0.3) is 11.3 Å². The third kappa shape index (κ3) is 5.43. The number of fused-ring (bicyclic) bond motifs is 2. The summed E-state index contributed by atoms with van der Waals surface area (Å²) >= 11 is 0. The van der Waals surface area contributed by atoms with Crippen LogP contribution >= 0.6 is 0 Å². The number of imide groups is 1. The van der Waals surface area contributed by atoms with E-state index >= 15 is 0 Å². The summed E-state index contributed by atoms with van der Waals surface area (Å²) in [5.41, 5.74) is 10.8. The number of rotatable bonds is 6. The summed E-state index contributed by atoms with van der Waals surface area (Å²) in [6.07, 6.45) is 7.08. The highest BCUT2D eigenvalue weighted by molar-refractivity contribution is 6.02. The van der Waals surface area contributed by atoms with Crippen molar-refractivity contribution in [2.75, 3.05) is 19.7 Å². The Morgan fingerprint density at radius 2 is 2.12 bits per heavy atom. The molecule has 11 heteroatoms. The lowest BCUT2D eigenvalue weighted by Gasteiger charge is -2.43. The Hall–Kier alpha value is -4.76. The maximum atomic E-state index is 14.4. The minimum absolute atomic E-state index is 0.0701. The Bertz CT molecular complexity index is 1600. The molecule has 3 heterocycles. The van der Waals surface area contributed by atoms with E-state index in [9.17, 15) is 18.8 Å². The zero-order valence-electron chi connectivity index (χ0n) is 23.7. The lowest BCUT2D eigenvalue weighted by atomic mass is 9.63. The Balaban J connectivity index is 1.46. The maximum Gasteiger partial charge on any atom is 0.321 e. The topological polar surface area (TPSA) is 124 Å². The normalized spacial score (nSPS) is 19.4. The van der Waals surface area contributed by atoms with Gasteiger partial charge in [0, 0.05) is 36.6 Å². The van der Waals surface area contributed by atoms with Crippen LogP contribution in [0.1, 0.15) is 36.6 Å². The SMILES string of the molecule is C=C=CCC1CCc2nc(-c3cnn(C)c3)ccc2[C@@]1(C)C(=O)N(CC(=O)N1CCOc2ccc(F)cc2C1)C(N)=O. The predicted molar refractivity (Wildman–Crippen MR) is 153 cm³/mol. The summed E-state index contributed by atoms with van der Waals surface area (Å²) < 4.78 is 21.3. The maximum absolute atomic E-state index is 14.4. The van der Waals surface area contributed by atoms with Crippen LogP contribution in [0.4, 0.5) is 9.18 Å². The molecule has 1 aliphatic heterocycles. The Kier molecular flexibility index (Phi) is 7.95. The van der Waals surface area contributed by atoms with Gasteiger partial charge in [0.25, 0.3) is 0 Å². The number of nitrogens with two attached hydrogens (primary N) is 1. The second-order valence-electron chi connectivity index (χ2n) is 10.8. The molecule has 0 spiro atoms. The van der Waals surface area contributed by atoms with Crippen LogP contribution in [0.15, 0.2) is 61.1 Å². The number of pyridine rings is 1. The average molecular weight is 573 g/mol. The van der Waals surface area contributed by atoms with Crippen LogP contribution in [0.2, 0.25) is 0 Å². The molecule has 0 saturated carbocycles. The van der Waals surface area contributed by atoms with Crippen molar-refractivity contribution in [2.45, 2.75) is 38.1 Å². The largest absolute Gasteiger partial charge is 0.491 e. The third-order valence-corrected chi connectivity index (χ3v) is 8.23. The van der Waals surface area contributed by atoms with Crippen LogP contribution in [0, 0.1) is 11.7 Å². The molecule has 2 N–H and O–H groups in total. The highest BCUT2D eigenvalue weighted by Crippen LogP contribution is 2.45. The monoisotopic (exact) mass is 572 g/mol. The molecule has 10 nitrogen and oxygen atoms in total. The number of benzene rings is 1. The van der Waals surface area contributed by atoms with Crippen LogP contribution in [-0.2, 0) is 35.0 Å². The number of halogens is 1. The van der Waals surface area contributed by atoms with Gasteiger partial charge in [-0.1, -0.05) is 12.6 Å². The molecule has 2 aromatic heterocycles. The predicted octanol–water partition coefficient (Wildman–Crippen LogP) is 3.50. The average Bonchev–Trinajstić information content (AvgIpc) is 3.29. The van der Waals surface area contributed by atoms with E-state index in [2.05, 4.69) is 17.4 Å². The quantitative estimate of drug-likeness (QED) is 0.451. The number of aromatic nitrogens is 3. The number of amides is 4. The van der Waals surface area contributed by atoms with E-state index in [4.69, 9.17) is 15.5 Å². The van der Waals surface area contributed by atoms with Crippen LogP contribution in [-0.4, -0.2) is 62.1 Å². The van der Waals surface area contributed by atoms with Crippen LogP contribution in [0.3, 0.4) is 0 Å². The van der Waals surface area contributed by atoms with Crippen molar-refractivity contribution in [3.05, 3.63) is 83.7 Å². The number of urea groups is 1. The summed E-state index contributed by atoms with van der Waals surface area (Å²) in [7, 11) is 1.82. The van der Waals surface area contributed by atoms with Crippen molar-refractivity contribution in [3.8, 4) is 17.0 Å². The second-order valence-corrected chi connectivity index (χ2v) is 10.8. The lowest BCUT2D eigenvalue weighted by Crippen LogP contribution is -2.57. The van der Waals surface area contributed by atoms with E-state index in [0.29, 0.717) is 36.1 Å². The van der Waals surface area contributed by atoms with E-state index in [1.54, 1.807) is 23.9 Å². The number of carbonyl (C=O) groups is 3. The van der Waals surface area contributed by atoms with Crippen LogP contribution < -0.4 is 10.5 Å². The minimum Gasteiger partial charge on any atom is -0.491 e. The minimum atomic E-state index is -1.21. The molecule has 4 amide bonds. The first-order valence-electron chi connectivity index (χ1n) is 13.8. The van der Waals surface area contributed by atoms with E-state index in [-0.39, 0.29) is 25.6 Å². The molecule has 218 valence electrons. The van der Waals surface area contributed by atoms with E-state index in [1.807, 2.05) is 25.4 Å². The molecule has 0 fully saturated rings. The summed E-state index contributed by atoms with van der Waals surface area (Å²) in [5, 5.41) is 4.22. The smallest absolute Gasteiger partial charge is 0.321 e. The molecule has 42 heavy (non-hydrogen) atoms. The number of primary amides is 1. The number of allylic oxidation sites excluding steroid dienone is 1. The van der Waals surface area contributed by atoms with Gasteiger partial charge in [0.2, 0.25) is 11.8 Å². The first-order chi connectivity index (χ1) is 20.1. The van der Waals surface area contributed by atoms with Crippen molar-refractivity contribution >= 4 is 17.8 Å². The van der Waals surface area contributed by atoms with Gasteiger partial charge >= 0.3 is 6.03 Å². The third-order valence-electron chi connectivity index (χ3n) is 8.23. The fourth-order valence-electron chi connectivity index (χ4n) is 5.91. The summed E-state index contributed by atoms with van der Waals surface area (Å²) in [6, 6.07) is 6.79. The summed E-state index contributed by atoms with van der Waals surface area (Å²) in [4.78, 5) is 47.7. The van der Waals surface area contributed by atoms with Gasteiger partial charge in [-0.2, -0.15) is 5.10 Å². The fourth-order valence-corrected chi connectivity index (χ4v) is 5.91. The fraction of sp³-hybridized carbons (Fsp3) is 0.355. The molecule has 2 atom stereocenters. The number of aryl methyl sites for hydroxylation is 2. The standard InChI is InChI=1S/C31H33FN6O4/c1-4-5-6-22-7-10-26-24(9-11-25(35-26)21-16-34-36(3)17-21)31(22,2)29(40)38(30(33)41)19-28(39)37-13-14-42-27-12-8-23(32)15-20(27)18-37/h5,8-9,11-12,15-17,22H,1,6-7,10,13-14,18-19H2,2-3H3,(H2,33,41)/t22?,31-/m0/s1. The number of ether oxygens (including phenoxy) is 1. The highest BCUT2D eigenvalue weighted by Gasteiger charge is 2.49. The lowest BCUT2D eigenvalue weighted by molar-refractivity contribution is -0.142. The summed E-state index contributed by atoms with van der Waals surface area (Å²) in [6.45, 7) is 5.33. The van der Waals surface area contributed by atoms with E-state index in [1.165, 1.54) is 23.1 Å².